The highest BCUT2D eigenvalue weighted by atomic mass is 16.5. The first-order valence-corrected chi connectivity index (χ1v) is 5.70. The number of allylic oxidation sites excluding steroid dienone is 10. The highest BCUT2D eigenvalue weighted by molar-refractivity contribution is 5.88. The summed E-state index contributed by atoms with van der Waals surface area (Å²) in [6.45, 7) is 5.22. The van der Waals surface area contributed by atoms with Gasteiger partial charge in [0.15, 0.2) is 0 Å². The molecule has 0 aromatic rings. The number of hydrogen-bond donors (Lipinski definition) is 0. The summed E-state index contributed by atoms with van der Waals surface area (Å²) in [5.41, 5.74) is 2.28. The molecule has 0 fully saturated rings. The van der Waals surface area contributed by atoms with E-state index in [2.05, 4.69) is 6.58 Å². The summed E-state index contributed by atoms with van der Waals surface area (Å²) in [6.07, 6.45) is 17.2. The number of rotatable bonds is 2. The Kier molecular flexibility index (Phi) is 3.58. The summed E-state index contributed by atoms with van der Waals surface area (Å²) in [4.78, 5) is 11.6. The van der Waals surface area contributed by atoms with Crippen LogP contribution in [-0.2, 0) is 9.53 Å². The van der Waals surface area contributed by atoms with Gasteiger partial charge in [0.25, 0.3) is 0 Å². The fourth-order valence-electron chi connectivity index (χ4n) is 1.60. The van der Waals surface area contributed by atoms with Crippen LogP contribution >= 0.6 is 0 Å². The summed E-state index contributed by atoms with van der Waals surface area (Å²) in [5.74, 6) is 0.133. The van der Waals surface area contributed by atoms with Crippen LogP contribution in [0.15, 0.2) is 83.7 Å². The van der Waals surface area contributed by atoms with E-state index in [-0.39, 0.29) is 0 Å². The molecule has 0 bridgehead atoms. The lowest BCUT2D eigenvalue weighted by Gasteiger charge is -2.11. The maximum atomic E-state index is 11.6. The molecule has 0 aliphatic heterocycles. The summed E-state index contributed by atoms with van der Waals surface area (Å²) >= 11 is 0. The van der Waals surface area contributed by atoms with Gasteiger partial charge in [-0.05, 0) is 18.6 Å². The minimum atomic E-state index is -0.408. The van der Waals surface area contributed by atoms with E-state index in [0.29, 0.717) is 11.3 Å². The van der Waals surface area contributed by atoms with Crippen molar-refractivity contribution in [2.45, 2.75) is 6.92 Å². The van der Waals surface area contributed by atoms with E-state index in [1.807, 2.05) is 48.6 Å². The molecule has 0 radical (unpaired) electrons. The number of hydrogen-bond acceptors (Lipinski definition) is 2. The van der Waals surface area contributed by atoms with Gasteiger partial charge in [0, 0.05) is 11.1 Å². The summed E-state index contributed by atoms with van der Waals surface area (Å²) in [5, 5.41) is 0. The predicted octanol–water partition coefficient (Wildman–Crippen LogP) is 3.54. The molecular weight excluding hydrogens is 224 g/mol. The molecule has 0 unspecified atom stereocenters. The lowest BCUT2D eigenvalue weighted by molar-refractivity contribution is -0.134. The fraction of sp³-hybridized carbons (Fsp3) is 0.0625. The average Bonchev–Trinajstić information content (AvgIpc) is 2.66. The normalized spacial score (nSPS) is 16.8. The van der Waals surface area contributed by atoms with E-state index in [1.54, 1.807) is 13.0 Å². The zero-order valence-electron chi connectivity index (χ0n) is 10.2. The molecule has 90 valence electrons. The number of esters is 1. The Morgan fingerprint density at radius 2 is 1.78 bits per heavy atom. The van der Waals surface area contributed by atoms with Crippen LogP contribution < -0.4 is 0 Å². The van der Waals surface area contributed by atoms with Crippen molar-refractivity contribution in [3.63, 3.8) is 0 Å². The Bertz CT molecular complexity index is 564. The van der Waals surface area contributed by atoms with Gasteiger partial charge in [0.2, 0.25) is 0 Å². The van der Waals surface area contributed by atoms with E-state index in [9.17, 15) is 4.79 Å². The number of carbonyl (C=O) groups excluding carboxylic acids is 1. The summed E-state index contributed by atoms with van der Waals surface area (Å²) in [7, 11) is 0. The molecule has 2 aliphatic rings. The molecule has 0 aromatic heterocycles. The molecule has 0 heterocycles. The standard InChI is InChI=1S/C16H14O2/c1-12(2)16(17)18-15-11-7-6-9-13-8-4-3-5-10-14(13)15/h3-11H,1H2,2H3. The van der Waals surface area contributed by atoms with Crippen molar-refractivity contribution in [2.24, 2.45) is 0 Å². The minimum Gasteiger partial charge on any atom is -0.423 e. The Morgan fingerprint density at radius 3 is 2.56 bits per heavy atom. The molecule has 18 heavy (non-hydrogen) atoms. The molecule has 2 rings (SSSR count). The van der Waals surface area contributed by atoms with Gasteiger partial charge in [0.1, 0.15) is 5.76 Å². The van der Waals surface area contributed by atoms with Crippen LogP contribution in [0.5, 0.6) is 0 Å². The van der Waals surface area contributed by atoms with E-state index in [4.69, 9.17) is 4.74 Å². The molecular formula is C16H14O2. The van der Waals surface area contributed by atoms with Crippen LogP contribution in [-0.4, -0.2) is 5.97 Å². The van der Waals surface area contributed by atoms with Crippen LogP contribution in [0.2, 0.25) is 0 Å². The van der Waals surface area contributed by atoms with Crippen molar-refractivity contribution < 1.29 is 9.53 Å². The SMILES string of the molecule is C=C(C)C(=O)OC1=CC=CC=C2C=CC=CC=C21. The molecule has 2 aliphatic carbocycles. The monoisotopic (exact) mass is 238 g/mol. The van der Waals surface area contributed by atoms with Crippen LogP contribution in [0.4, 0.5) is 0 Å². The highest BCUT2D eigenvalue weighted by Crippen LogP contribution is 2.26. The van der Waals surface area contributed by atoms with Crippen molar-refractivity contribution in [3.05, 3.63) is 83.7 Å². The van der Waals surface area contributed by atoms with Gasteiger partial charge in [-0.2, -0.15) is 0 Å². The summed E-state index contributed by atoms with van der Waals surface area (Å²) < 4.78 is 5.35. The zero-order valence-corrected chi connectivity index (χ0v) is 10.2. The van der Waals surface area contributed by atoms with E-state index in [0.717, 1.165) is 11.1 Å². The van der Waals surface area contributed by atoms with Gasteiger partial charge in [-0.25, -0.2) is 4.79 Å². The Labute approximate surface area is 107 Å². The van der Waals surface area contributed by atoms with Gasteiger partial charge in [-0.3, -0.25) is 0 Å². The molecule has 2 heteroatoms. The predicted molar refractivity (Wildman–Crippen MR) is 72.6 cm³/mol. The van der Waals surface area contributed by atoms with Crippen molar-refractivity contribution in [1.29, 1.82) is 0 Å². The molecule has 0 N–H and O–H groups in total. The summed E-state index contributed by atoms with van der Waals surface area (Å²) in [6, 6.07) is 0. The van der Waals surface area contributed by atoms with Crippen molar-refractivity contribution >= 4 is 5.97 Å². The molecule has 0 amide bonds. The average molecular weight is 238 g/mol. The lowest BCUT2D eigenvalue weighted by Crippen LogP contribution is -2.07. The van der Waals surface area contributed by atoms with E-state index >= 15 is 0 Å². The smallest absolute Gasteiger partial charge is 0.338 e. The second kappa shape index (κ2) is 5.32. The van der Waals surface area contributed by atoms with Gasteiger partial charge in [-0.1, -0.05) is 55.2 Å². The number of ether oxygens (including phenoxy) is 1. The maximum absolute atomic E-state index is 11.6. The third-order valence-corrected chi connectivity index (χ3v) is 2.52. The van der Waals surface area contributed by atoms with Gasteiger partial charge in [-0.15, -0.1) is 0 Å². The molecule has 2 nitrogen and oxygen atoms in total. The Hall–Kier alpha value is -2.35. The van der Waals surface area contributed by atoms with Crippen LogP contribution in [0, 0.1) is 0 Å². The highest BCUT2D eigenvalue weighted by Gasteiger charge is 2.15. The van der Waals surface area contributed by atoms with Gasteiger partial charge < -0.3 is 4.74 Å². The number of carbonyl (C=O) groups is 1. The molecule has 0 aromatic carbocycles. The first kappa shape index (κ1) is 12.1. The third kappa shape index (κ3) is 2.66. The molecule has 0 saturated heterocycles. The second-order valence-electron chi connectivity index (χ2n) is 4.03. The van der Waals surface area contributed by atoms with E-state index in [1.165, 1.54) is 0 Å². The van der Waals surface area contributed by atoms with Crippen molar-refractivity contribution in [2.75, 3.05) is 0 Å². The van der Waals surface area contributed by atoms with Crippen LogP contribution in [0.3, 0.4) is 0 Å². The third-order valence-electron chi connectivity index (χ3n) is 2.52. The second-order valence-corrected chi connectivity index (χ2v) is 4.03. The zero-order chi connectivity index (χ0) is 13.0. The van der Waals surface area contributed by atoms with Crippen LogP contribution in [0.1, 0.15) is 6.92 Å². The minimum absolute atomic E-state index is 0.384. The topological polar surface area (TPSA) is 26.3 Å². The largest absolute Gasteiger partial charge is 0.423 e. The first-order valence-electron chi connectivity index (χ1n) is 5.70. The molecule has 0 saturated carbocycles. The van der Waals surface area contributed by atoms with Crippen LogP contribution in [0.25, 0.3) is 0 Å². The van der Waals surface area contributed by atoms with Gasteiger partial charge >= 0.3 is 5.97 Å². The number of fused-ring (bicyclic) bond motifs is 1. The Morgan fingerprint density at radius 1 is 1.06 bits per heavy atom. The lowest BCUT2D eigenvalue weighted by atomic mass is 10.0. The van der Waals surface area contributed by atoms with Crippen molar-refractivity contribution in [1.82, 2.24) is 0 Å². The molecule has 0 spiro atoms. The van der Waals surface area contributed by atoms with Gasteiger partial charge in [0.05, 0.1) is 0 Å². The molecule has 0 atom stereocenters. The van der Waals surface area contributed by atoms with Crippen molar-refractivity contribution in [3.8, 4) is 0 Å². The maximum Gasteiger partial charge on any atom is 0.338 e. The first-order chi connectivity index (χ1) is 8.68. The van der Waals surface area contributed by atoms with E-state index < -0.39 is 5.97 Å². The fourth-order valence-corrected chi connectivity index (χ4v) is 1.60. The quantitative estimate of drug-likeness (QED) is 0.543. The Balaban J connectivity index is 2.35.